The maximum absolute atomic E-state index is 14.0. The Kier molecular flexibility index (Phi) is 6.55. The van der Waals surface area contributed by atoms with Crippen LogP contribution in [-0.2, 0) is 17.7 Å². The van der Waals surface area contributed by atoms with Gasteiger partial charge >= 0.3 is 5.97 Å². The van der Waals surface area contributed by atoms with Crippen LogP contribution in [0, 0.1) is 6.92 Å². The molecule has 0 spiro atoms. The molecule has 0 aliphatic carbocycles. The molecule has 5 rings (SSSR count). The second-order valence-corrected chi connectivity index (χ2v) is 9.32. The molecule has 0 radical (unpaired) electrons. The Labute approximate surface area is 207 Å². The largest absolute Gasteiger partial charge is 0.476 e. The topological polar surface area (TPSA) is 101 Å². The van der Waals surface area contributed by atoms with Crippen molar-refractivity contribution in [1.29, 1.82) is 0 Å². The predicted molar refractivity (Wildman–Crippen MR) is 129 cm³/mol. The number of pyridine rings is 1. The molecule has 10 heteroatoms. The first kappa shape index (κ1) is 23.5. The monoisotopic (exact) mass is 495 g/mol. The smallest absolute Gasteiger partial charge is 0.356 e. The van der Waals surface area contributed by atoms with Crippen molar-refractivity contribution < 1.29 is 19.4 Å². The summed E-state index contributed by atoms with van der Waals surface area (Å²) in [6, 6.07) is 11.2. The van der Waals surface area contributed by atoms with Gasteiger partial charge in [0.2, 0.25) is 0 Å². The number of amides is 1. The van der Waals surface area contributed by atoms with Gasteiger partial charge in [0.05, 0.1) is 23.9 Å². The lowest BCUT2D eigenvalue weighted by atomic mass is 9.93. The van der Waals surface area contributed by atoms with Gasteiger partial charge in [-0.15, -0.1) is 0 Å². The molecule has 1 saturated heterocycles. The number of nitrogens with zero attached hydrogens (tertiary/aromatic N) is 5. The summed E-state index contributed by atoms with van der Waals surface area (Å²) in [5.74, 6) is -1.39. The van der Waals surface area contributed by atoms with Crippen molar-refractivity contribution in [2.24, 2.45) is 0 Å². The second kappa shape index (κ2) is 9.77. The molecular formula is C25H26ClN5O4. The van der Waals surface area contributed by atoms with E-state index in [1.54, 1.807) is 13.0 Å². The van der Waals surface area contributed by atoms with Crippen molar-refractivity contribution in [2.75, 3.05) is 32.8 Å². The lowest BCUT2D eigenvalue weighted by Gasteiger charge is -2.40. The molecule has 1 unspecified atom stereocenters. The number of aromatic nitrogens is 3. The number of carboxylic acid groups (broad SMARTS) is 1. The van der Waals surface area contributed by atoms with E-state index < -0.39 is 5.97 Å². The molecule has 0 saturated carbocycles. The van der Waals surface area contributed by atoms with Gasteiger partial charge < -0.3 is 14.7 Å². The molecule has 4 heterocycles. The second-order valence-electron chi connectivity index (χ2n) is 8.88. The highest BCUT2D eigenvalue weighted by Crippen LogP contribution is 2.28. The summed E-state index contributed by atoms with van der Waals surface area (Å²) in [5.41, 5.74) is 3.35. The minimum absolute atomic E-state index is 0.0471. The first-order chi connectivity index (χ1) is 16.9. The molecule has 3 aromatic rings. The highest BCUT2D eigenvalue weighted by atomic mass is 35.5. The third-order valence-electron chi connectivity index (χ3n) is 6.56. The van der Waals surface area contributed by atoms with Gasteiger partial charge in [0.25, 0.3) is 5.91 Å². The van der Waals surface area contributed by atoms with Gasteiger partial charge in [-0.1, -0.05) is 35.9 Å². The summed E-state index contributed by atoms with van der Waals surface area (Å²) in [5, 5.41) is 13.9. The van der Waals surface area contributed by atoms with Crippen LogP contribution in [0.5, 0.6) is 0 Å². The number of hydrogen-bond acceptors (Lipinski definition) is 6. The van der Waals surface area contributed by atoms with Gasteiger partial charge in [-0.05, 0) is 36.6 Å². The molecule has 1 amide bonds. The summed E-state index contributed by atoms with van der Waals surface area (Å²) < 4.78 is 6.92. The van der Waals surface area contributed by atoms with E-state index in [0.717, 1.165) is 31.6 Å². The van der Waals surface area contributed by atoms with Gasteiger partial charge in [0, 0.05) is 44.1 Å². The maximum atomic E-state index is 14.0. The number of carbonyl (C=O) groups excluding carboxylic acids is 1. The molecule has 9 nitrogen and oxygen atoms in total. The van der Waals surface area contributed by atoms with E-state index in [9.17, 15) is 14.7 Å². The van der Waals surface area contributed by atoms with E-state index in [1.807, 2.05) is 23.1 Å². The molecule has 1 aromatic carbocycles. The number of fused-ring (bicyclic) bond motifs is 1. The number of carbonyl (C=O) groups is 2. The van der Waals surface area contributed by atoms with Crippen LogP contribution in [0.1, 0.15) is 37.8 Å². The number of hydrogen-bond donors (Lipinski definition) is 1. The van der Waals surface area contributed by atoms with E-state index >= 15 is 0 Å². The normalized spacial score (nSPS) is 18.3. The van der Waals surface area contributed by atoms with Crippen molar-refractivity contribution in [1.82, 2.24) is 24.6 Å². The fraction of sp³-hybridized carbons (Fsp3) is 0.360. The zero-order valence-electron chi connectivity index (χ0n) is 19.4. The standard InChI is InChI=1S/C25H26ClN5O4/c1-16-10-21(25(33)34)28-31(16)22-12-19(26)13-27-23(22)24(32)30-14-18-5-3-2-4-17(18)11-20(30)15-29-6-8-35-9-7-29/h2-5,10,12-13,20H,6-9,11,14-15H2,1H3,(H,33,34). The van der Waals surface area contributed by atoms with Gasteiger partial charge in [0.1, 0.15) is 0 Å². The average molecular weight is 496 g/mol. The number of carboxylic acids is 1. The number of benzene rings is 1. The van der Waals surface area contributed by atoms with E-state index in [1.165, 1.54) is 22.5 Å². The number of ether oxygens (including phenoxy) is 1. The third-order valence-corrected chi connectivity index (χ3v) is 6.77. The average Bonchev–Trinajstić information content (AvgIpc) is 3.25. The summed E-state index contributed by atoms with van der Waals surface area (Å²) in [4.78, 5) is 34.1. The maximum Gasteiger partial charge on any atom is 0.356 e. The number of morpholine rings is 1. The Morgan fingerprint density at radius 3 is 2.63 bits per heavy atom. The molecule has 0 bridgehead atoms. The zero-order chi connectivity index (χ0) is 24.5. The summed E-state index contributed by atoms with van der Waals surface area (Å²) >= 11 is 6.24. The Balaban J connectivity index is 1.53. The predicted octanol–water partition coefficient (Wildman–Crippen LogP) is 2.83. The number of aromatic carboxylic acids is 1. The lowest BCUT2D eigenvalue weighted by molar-refractivity contribution is 0.0191. The quantitative estimate of drug-likeness (QED) is 0.580. The fourth-order valence-corrected chi connectivity index (χ4v) is 4.94. The SMILES string of the molecule is Cc1cc(C(=O)O)nn1-c1cc(Cl)cnc1C(=O)N1Cc2ccccc2CC1CN1CCOCC1. The van der Waals surface area contributed by atoms with Crippen LogP contribution >= 0.6 is 11.6 Å². The van der Waals surface area contributed by atoms with Crippen molar-refractivity contribution in [3.8, 4) is 5.69 Å². The number of aryl methyl sites for hydroxylation is 1. The summed E-state index contributed by atoms with van der Waals surface area (Å²) in [7, 11) is 0. The van der Waals surface area contributed by atoms with Gasteiger partial charge in [-0.3, -0.25) is 9.69 Å². The van der Waals surface area contributed by atoms with Crippen molar-refractivity contribution >= 4 is 23.5 Å². The van der Waals surface area contributed by atoms with Crippen LogP contribution in [0.15, 0.2) is 42.6 Å². The van der Waals surface area contributed by atoms with E-state index in [2.05, 4.69) is 21.0 Å². The van der Waals surface area contributed by atoms with Crippen LogP contribution in [0.4, 0.5) is 0 Å². The Morgan fingerprint density at radius 2 is 1.91 bits per heavy atom. The molecular weight excluding hydrogens is 470 g/mol. The van der Waals surface area contributed by atoms with E-state index in [4.69, 9.17) is 16.3 Å². The molecule has 2 aromatic heterocycles. The number of rotatable bonds is 5. The highest BCUT2D eigenvalue weighted by Gasteiger charge is 2.34. The first-order valence-electron chi connectivity index (χ1n) is 11.5. The zero-order valence-corrected chi connectivity index (χ0v) is 20.1. The van der Waals surface area contributed by atoms with Crippen molar-refractivity contribution in [3.05, 3.63) is 75.8 Å². The molecule has 1 atom stereocenters. The van der Waals surface area contributed by atoms with Crippen molar-refractivity contribution in [3.63, 3.8) is 0 Å². The molecule has 1 N–H and O–H groups in total. The van der Waals surface area contributed by atoms with Gasteiger partial charge in [0.15, 0.2) is 11.4 Å². The Morgan fingerprint density at radius 1 is 1.17 bits per heavy atom. The third kappa shape index (κ3) is 4.80. The Bertz CT molecular complexity index is 1270. The van der Waals surface area contributed by atoms with Crippen LogP contribution in [0.2, 0.25) is 5.02 Å². The first-order valence-corrected chi connectivity index (χ1v) is 11.9. The number of halogens is 1. The minimum Gasteiger partial charge on any atom is -0.476 e. The molecule has 35 heavy (non-hydrogen) atoms. The molecule has 2 aliphatic rings. The van der Waals surface area contributed by atoms with Crippen molar-refractivity contribution in [2.45, 2.75) is 25.9 Å². The highest BCUT2D eigenvalue weighted by molar-refractivity contribution is 6.30. The Hall–Kier alpha value is -3.27. The van der Waals surface area contributed by atoms with Crippen LogP contribution in [-0.4, -0.2) is 80.4 Å². The lowest BCUT2D eigenvalue weighted by Crippen LogP contribution is -2.52. The molecule has 182 valence electrons. The summed E-state index contributed by atoms with van der Waals surface area (Å²) in [6.07, 6.45) is 2.18. The fourth-order valence-electron chi connectivity index (χ4n) is 4.78. The van der Waals surface area contributed by atoms with E-state index in [0.29, 0.717) is 36.2 Å². The van der Waals surface area contributed by atoms with Crippen LogP contribution in [0.3, 0.4) is 0 Å². The molecule has 1 fully saturated rings. The van der Waals surface area contributed by atoms with Crippen LogP contribution < -0.4 is 0 Å². The van der Waals surface area contributed by atoms with E-state index in [-0.39, 0.29) is 23.3 Å². The minimum atomic E-state index is -1.15. The molecule has 2 aliphatic heterocycles. The van der Waals surface area contributed by atoms with Gasteiger partial charge in [-0.2, -0.15) is 5.10 Å². The van der Waals surface area contributed by atoms with Gasteiger partial charge in [-0.25, -0.2) is 14.5 Å². The van der Waals surface area contributed by atoms with Crippen LogP contribution in [0.25, 0.3) is 5.69 Å². The summed E-state index contributed by atoms with van der Waals surface area (Å²) in [6.45, 7) is 5.95.